The van der Waals surface area contributed by atoms with Crippen molar-refractivity contribution in [1.29, 1.82) is 0 Å². The van der Waals surface area contributed by atoms with E-state index >= 15 is 0 Å². The van der Waals surface area contributed by atoms with Crippen molar-refractivity contribution in [1.82, 2.24) is 5.32 Å². The van der Waals surface area contributed by atoms with Crippen molar-refractivity contribution < 1.29 is 13.9 Å². The number of hydrogen-bond acceptors (Lipinski definition) is 3. The number of nitrogens with one attached hydrogen (secondary N) is 1. The van der Waals surface area contributed by atoms with Gasteiger partial charge in [0.25, 0.3) is 0 Å². The Balaban J connectivity index is 1.51. The van der Waals surface area contributed by atoms with E-state index in [9.17, 15) is 4.79 Å². The fourth-order valence-electron chi connectivity index (χ4n) is 3.58. The zero-order valence-corrected chi connectivity index (χ0v) is 16.0. The molecule has 1 aromatic heterocycles. The lowest BCUT2D eigenvalue weighted by Gasteiger charge is -2.19. The Hall–Kier alpha value is -2.75. The summed E-state index contributed by atoms with van der Waals surface area (Å²) < 4.78 is 10.9. The molecule has 1 N–H and O–H groups in total. The summed E-state index contributed by atoms with van der Waals surface area (Å²) in [6, 6.07) is 12.2. The molecular weight excluding hydrogens is 338 g/mol. The van der Waals surface area contributed by atoms with E-state index in [-0.39, 0.29) is 11.9 Å². The Labute approximate surface area is 159 Å². The molecule has 0 bridgehead atoms. The minimum Gasteiger partial charge on any atom is -0.497 e. The molecule has 3 aromatic rings. The molecule has 0 aliphatic heterocycles. The Morgan fingerprint density at radius 3 is 2.56 bits per heavy atom. The number of furan rings is 1. The number of ether oxygens (including phenoxy) is 1. The van der Waals surface area contributed by atoms with Crippen molar-refractivity contribution in [3.05, 3.63) is 64.9 Å². The van der Waals surface area contributed by atoms with E-state index in [0.717, 1.165) is 40.7 Å². The van der Waals surface area contributed by atoms with Crippen LogP contribution in [0.25, 0.3) is 11.0 Å². The molecule has 4 nitrogen and oxygen atoms in total. The molecule has 140 valence electrons. The minimum atomic E-state index is 0.0312. The molecule has 1 aliphatic rings. The van der Waals surface area contributed by atoms with Crippen LogP contribution in [0.3, 0.4) is 0 Å². The predicted octanol–water partition coefficient (Wildman–Crippen LogP) is 4.87. The van der Waals surface area contributed by atoms with Crippen LogP contribution >= 0.6 is 0 Å². The zero-order chi connectivity index (χ0) is 19.0. The second kappa shape index (κ2) is 7.10. The third-order valence-electron chi connectivity index (χ3n) is 5.51. The van der Waals surface area contributed by atoms with E-state index < -0.39 is 0 Å². The molecule has 0 spiro atoms. The van der Waals surface area contributed by atoms with E-state index in [1.54, 1.807) is 13.4 Å². The van der Waals surface area contributed by atoms with E-state index in [1.807, 2.05) is 30.3 Å². The predicted molar refractivity (Wildman–Crippen MR) is 106 cm³/mol. The second-order valence-electron chi connectivity index (χ2n) is 7.53. The van der Waals surface area contributed by atoms with E-state index in [4.69, 9.17) is 9.15 Å². The van der Waals surface area contributed by atoms with Crippen molar-refractivity contribution >= 4 is 16.9 Å². The molecule has 4 rings (SSSR count). The first-order valence-corrected chi connectivity index (χ1v) is 9.46. The molecule has 27 heavy (non-hydrogen) atoms. The maximum atomic E-state index is 12.8. The van der Waals surface area contributed by atoms with Gasteiger partial charge < -0.3 is 14.5 Å². The summed E-state index contributed by atoms with van der Waals surface area (Å²) in [6.07, 6.45) is 4.35. The van der Waals surface area contributed by atoms with Crippen LogP contribution < -0.4 is 10.1 Å². The smallest absolute Gasteiger partial charge is 0.225 e. The standard InChI is InChI=1S/C23H25NO3/c1-14-10-20-18(13-27-21(20)11-15(14)2)12-22(25)24-23(16-4-5-16)17-6-8-19(26-3)9-7-17/h6-11,13,16,23H,4-5,12H2,1-3H3,(H,24,25)/t23-/m0/s1. The van der Waals surface area contributed by atoms with E-state index in [1.165, 1.54) is 11.1 Å². The van der Waals surface area contributed by atoms with Gasteiger partial charge in [0.1, 0.15) is 11.3 Å². The third kappa shape index (κ3) is 3.70. The SMILES string of the molecule is COc1ccc([C@@H](NC(=O)Cc2coc3cc(C)c(C)cc23)C2CC2)cc1. The summed E-state index contributed by atoms with van der Waals surface area (Å²) in [4.78, 5) is 12.8. The Morgan fingerprint density at radius 2 is 1.89 bits per heavy atom. The first-order valence-electron chi connectivity index (χ1n) is 9.46. The summed E-state index contributed by atoms with van der Waals surface area (Å²) >= 11 is 0. The van der Waals surface area contributed by atoms with Crippen molar-refractivity contribution in [3.63, 3.8) is 0 Å². The molecule has 1 heterocycles. The van der Waals surface area contributed by atoms with Crippen LogP contribution in [0.15, 0.2) is 47.1 Å². The largest absolute Gasteiger partial charge is 0.497 e. The number of benzene rings is 2. The molecule has 1 fully saturated rings. The van der Waals surface area contributed by atoms with Crippen LogP contribution in [0.5, 0.6) is 5.75 Å². The number of amides is 1. The van der Waals surface area contributed by atoms with Crippen molar-refractivity contribution in [2.24, 2.45) is 5.92 Å². The Morgan fingerprint density at radius 1 is 1.19 bits per heavy atom. The lowest BCUT2D eigenvalue weighted by Crippen LogP contribution is -2.31. The summed E-state index contributed by atoms with van der Waals surface area (Å²) in [5.41, 5.74) is 5.32. The maximum Gasteiger partial charge on any atom is 0.225 e. The minimum absolute atomic E-state index is 0.0312. The maximum absolute atomic E-state index is 12.8. The quantitative estimate of drug-likeness (QED) is 0.680. The van der Waals surface area contributed by atoms with Gasteiger partial charge in [-0.15, -0.1) is 0 Å². The van der Waals surface area contributed by atoms with Gasteiger partial charge in [0.2, 0.25) is 5.91 Å². The number of rotatable bonds is 6. The lowest BCUT2D eigenvalue weighted by atomic mass is 10.0. The van der Waals surface area contributed by atoms with Crippen molar-refractivity contribution in [2.75, 3.05) is 7.11 Å². The molecule has 0 saturated heterocycles. The van der Waals surface area contributed by atoms with Gasteiger partial charge in [-0.25, -0.2) is 0 Å². The summed E-state index contributed by atoms with van der Waals surface area (Å²) in [7, 11) is 1.66. The van der Waals surface area contributed by atoms with Gasteiger partial charge in [-0.1, -0.05) is 12.1 Å². The van der Waals surface area contributed by atoms with Gasteiger partial charge in [-0.3, -0.25) is 4.79 Å². The van der Waals surface area contributed by atoms with Gasteiger partial charge in [0, 0.05) is 10.9 Å². The number of carbonyl (C=O) groups is 1. The first-order chi connectivity index (χ1) is 13.0. The molecular formula is C23H25NO3. The number of fused-ring (bicyclic) bond motifs is 1. The van der Waals surface area contributed by atoms with Gasteiger partial charge >= 0.3 is 0 Å². The van der Waals surface area contributed by atoms with Crippen LogP contribution in [-0.2, 0) is 11.2 Å². The van der Waals surface area contributed by atoms with E-state index in [0.29, 0.717) is 12.3 Å². The number of hydrogen-bond donors (Lipinski definition) is 1. The number of methoxy groups -OCH3 is 1. The molecule has 1 atom stereocenters. The Kier molecular flexibility index (Phi) is 4.65. The fourth-order valence-corrected chi connectivity index (χ4v) is 3.58. The average molecular weight is 363 g/mol. The molecule has 1 aliphatic carbocycles. The highest BCUT2D eigenvalue weighted by Gasteiger charge is 2.33. The van der Waals surface area contributed by atoms with Crippen molar-refractivity contribution in [3.8, 4) is 5.75 Å². The van der Waals surface area contributed by atoms with Crippen molar-refractivity contribution in [2.45, 2.75) is 39.2 Å². The van der Waals surface area contributed by atoms with Crippen LogP contribution in [-0.4, -0.2) is 13.0 Å². The van der Waals surface area contributed by atoms with Crippen LogP contribution in [0.4, 0.5) is 0 Å². The number of aryl methyl sites for hydroxylation is 2. The van der Waals surface area contributed by atoms with Gasteiger partial charge in [0.15, 0.2) is 0 Å². The molecule has 0 radical (unpaired) electrons. The first kappa shape index (κ1) is 17.7. The van der Waals surface area contributed by atoms with Gasteiger partial charge in [-0.2, -0.15) is 0 Å². The topological polar surface area (TPSA) is 51.5 Å². The highest BCUT2D eigenvalue weighted by molar-refractivity contribution is 5.88. The molecule has 1 amide bonds. The third-order valence-corrected chi connectivity index (χ3v) is 5.51. The molecule has 0 unspecified atom stereocenters. The second-order valence-corrected chi connectivity index (χ2v) is 7.53. The fraction of sp³-hybridized carbons (Fsp3) is 0.348. The van der Waals surface area contributed by atoms with Crippen LogP contribution in [0.1, 0.15) is 41.1 Å². The van der Waals surface area contributed by atoms with E-state index in [2.05, 4.69) is 25.2 Å². The van der Waals surface area contributed by atoms with Crippen LogP contribution in [0.2, 0.25) is 0 Å². The summed E-state index contributed by atoms with van der Waals surface area (Å²) in [5.74, 6) is 1.38. The highest BCUT2D eigenvalue weighted by Crippen LogP contribution is 2.41. The lowest BCUT2D eigenvalue weighted by molar-refractivity contribution is -0.121. The van der Waals surface area contributed by atoms with Crippen LogP contribution in [0, 0.1) is 19.8 Å². The van der Waals surface area contributed by atoms with Gasteiger partial charge in [-0.05, 0) is 73.6 Å². The monoisotopic (exact) mass is 363 g/mol. The molecule has 2 aromatic carbocycles. The highest BCUT2D eigenvalue weighted by atomic mass is 16.5. The Bertz CT molecular complexity index is 967. The molecule has 1 saturated carbocycles. The summed E-state index contributed by atoms with van der Waals surface area (Å²) in [6.45, 7) is 4.15. The normalized spacial score (nSPS) is 14.9. The number of carbonyl (C=O) groups excluding carboxylic acids is 1. The van der Waals surface area contributed by atoms with Gasteiger partial charge in [0.05, 0.1) is 25.8 Å². The molecule has 4 heteroatoms. The zero-order valence-electron chi connectivity index (χ0n) is 16.0. The average Bonchev–Trinajstić information content (AvgIpc) is 3.45. The summed E-state index contributed by atoms with van der Waals surface area (Å²) in [5, 5.41) is 4.27.